The van der Waals surface area contributed by atoms with Gasteiger partial charge >= 0.3 is 0 Å². The van der Waals surface area contributed by atoms with E-state index >= 15 is 0 Å². The highest BCUT2D eigenvalue weighted by atomic mass is 16.6. The van der Waals surface area contributed by atoms with E-state index in [1.807, 2.05) is 6.07 Å². The summed E-state index contributed by atoms with van der Waals surface area (Å²) in [6.07, 6.45) is 4.42. The van der Waals surface area contributed by atoms with Gasteiger partial charge in [-0.3, -0.25) is 0 Å². The Kier molecular flexibility index (Phi) is 2.30. The molecule has 0 aromatic carbocycles. The van der Waals surface area contributed by atoms with Crippen molar-refractivity contribution in [3.8, 4) is 5.95 Å². The highest BCUT2D eigenvalue weighted by Crippen LogP contribution is 2.31. The Morgan fingerprint density at radius 2 is 2.14 bits per heavy atom. The Bertz CT molecular complexity index is 302. The van der Waals surface area contributed by atoms with Crippen LogP contribution in [0.5, 0.6) is 5.95 Å². The van der Waals surface area contributed by atoms with Crippen molar-refractivity contribution >= 4 is 0 Å². The van der Waals surface area contributed by atoms with Gasteiger partial charge < -0.3 is 9.15 Å². The summed E-state index contributed by atoms with van der Waals surface area (Å²) >= 11 is 0. The second kappa shape index (κ2) is 3.34. The lowest BCUT2D eigenvalue weighted by molar-refractivity contribution is 0.231. The topological polar surface area (TPSA) is 22.4 Å². The van der Waals surface area contributed by atoms with Gasteiger partial charge in [-0.2, -0.15) is 0 Å². The molecule has 78 valence electrons. The molecule has 1 heterocycles. The molecule has 0 radical (unpaired) electrons. The third kappa shape index (κ3) is 2.31. The van der Waals surface area contributed by atoms with Crippen LogP contribution in [0.2, 0.25) is 0 Å². The van der Waals surface area contributed by atoms with Crippen molar-refractivity contribution in [3.05, 3.63) is 17.9 Å². The fraction of sp³-hybridized carbons (Fsp3) is 0.667. The Balaban J connectivity index is 1.94. The van der Waals surface area contributed by atoms with E-state index in [1.54, 1.807) is 6.26 Å². The third-order valence-electron chi connectivity index (χ3n) is 2.60. The third-order valence-corrected chi connectivity index (χ3v) is 2.60. The van der Waals surface area contributed by atoms with E-state index in [9.17, 15) is 0 Å². The van der Waals surface area contributed by atoms with E-state index in [-0.39, 0.29) is 5.41 Å². The summed E-state index contributed by atoms with van der Waals surface area (Å²) in [6, 6.07) is 2.00. The molecular formula is C12H18O2. The molecule has 2 rings (SSSR count). The molecular weight excluding hydrogens is 176 g/mol. The molecule has 2 nitrogen and oxygen atoms in total. The largest absolute Gasteiger partial charge is 0.465 e. The van der Waals surface area contributed by atoms with Crippen LogP contribution >= 0.6 is 0 Å². The Labute approximate surface area is 85.3 Å². The second-order valence-electron chi connectivity index (χ2n) is 5.16. The number of rotatable bonds is 3. The van der Waals surface area contributed by atoms with Gasteiger partial charge in [0, 0.05) is 6.07 Å². The smallest absolute Gasteiger partial charge is 0.284 e. The van der Waals surface area contributed by atoms with Crippen molar-refractivity contribution in [1.29, 1.82) is 0 Å². The van der Waals surface area contributed by atoms with Crippen molar-refractivity contribution in [2.75, 3.05) is 6.61 Å². The van der Waals surface area contributed by atoms with Crippen molar-refractivity contribution in [2.24, 2.45) is 5.92 Å². The Morgan fingerprint density at radius 1 is 1.43 bits per heavy atom. The van der Waals surface area contributed by atoms with Crippen molar-refractivity contribution in [1.82, 2.24) is 0 Å². The van der Waals surface area contributed by atoms with Gasteiger partial charge in [-0.05, 0) is 29.7 Å². The van der Waals surface area contributed by atoms with Crippen LogP contribution in [0.25, 0.3) is 0 Å². The molecule has 1 aromatic rings. The van der Waals surface area contributed by atoms with Gasteiger partial charge in [0.15, 0.2) is 0 Å². The minimum Gasteiger partial charge on any atom is -0.465 e. The number of ether oxygens (including phenoxy) is 1. The molecule has 0 bridgehead atoms. The van der Waals surface area contributed by atoms with E-state index in [0.29, 0.717) is 5.95 Å². The highest BCUT2D eigenvalue weighted by molar-refractivity contribution is 5.23. The lowest BCUT2D eigenvalue weighted by Gasteiger charge is -2.14. The van der Waals surface area contributed by atoms with Crippen LogP contribution in [0, 0.1) is 5.92 Å². The van der Waals surface area contributed by atoms with Crippen LogP contribution in [0.15, 0.2) is 16.7 Å². The zero-order valence-corrected chi connectivity index (χ0v) is 9.17. The summed E-state index contributed by atoms with van der Waals surface area (Å²) in [7, 11) is 0. The lowest BCUT2D eigenvalue weighted by Crippen LogP contribution is -2.09. The molecule has 0 unspecified atom stereocenters. The van der Waals surface area contributed by atoms with E-state index in [0.717, 1.165) is 12.5 Å². The molecule has 1 aliphatic carbocycles. The SMILES string of the molecule is CC(C)(C)c1coc(OCC2CC2)c1. The fourth-order valence-corrected chi connectivity index (χ4v) is 1.27. The van der Waals surface area contributed by atoms with Crippen LogP contribution in [-0.4, -0.2) is 6.61 Å². The van der Waals surface area contributed by atoms with Gasteiger partial charge in [0.05, 0.1) is 12.9 Å². The summed E-state index contributed by atoms with van der Waals surface area (Å²) in [5, 5.41) is 0. The van der Waals surface area contributed by atoms with Gasteiger partial charge in [0.25, 0.3) is 5.95 Å². The molecule has 0 saturated heterocycles. The van der Waals surface area contributed by atoms with E-state index in [1.165, 1.54) is 18.4 Å². The Morgan fingerprint density at radius 3 is 2.64 bits per heavy atom. The fourth-order valence-electron chi connectivity index (χ4n) is 1.27. The Hall–Kier alpha value is -0.920. The monoisotopic (exact) mass is 194 g/mol. The number of furan rings is 1. The average molecular weight is 194 g/mol. The molecule has 1 aromatic heterocycles. The molecule has 0 spiro atoms. The summed E-state index contributed by atoms with van der Waals surface area (Å²) in [6.45, 7) is 7.32. The maximum absolute atomic E-state index is 5.54. The molecule has 0 amide bonds. The summed E-state index contributed by atoms with van der Waals surface area (Å²) < 4.78 is 10.9. The van der Waals surface area contributed by atoms with Crippen LogP contribution in [0.4, 0.5) is 0 Å². The molecule has 0 aliphatic heterocycles. The lowest BCUT2D eigenvalue weighted by atomic mass is 9.89. The van der Waals surface area contributed by atoms with Crippen LogP contribution in [0.1, 0.15) is 39.2 Å². The molecule has 1 saturated carbocycles. The van der Waals surface area contributed by atoms with E-state index in [2.05, 4.69) is 20.8 Å². The highest BCUT2D eigenvalue weighted by Gasteiger charge is 2.23. The van der Waals surface area contributed by atoms with E-state index in [4.69, 9.17) is 9.15 Å². The van der Waals surface area contributed by atoms with E-state index < -0.39 is 0 Å². The quantitative estimate of drug-likeness (QED) is 0.736. The van der Waals surface area contributed by atoms with Crippen LogP contribution < -0.4 is 4.74 Å². The normalized spacial score (nSPS) is 17.1. The predicted octanol–water partition coefficient (Wildman–Crippen LogP) is 3.37. The molecule has 0 atom stereocenters. The first-order valence-corrected chi connectivity index (χ1v) is 5.27. The first-order valence-electron chi connectivity index (χ1n) is 5.27. The van der Waals surface area contributed by atoms with Gasteiger partial charge in [-0.25, -0.2) is 0 Å². The van der Waals surface area contributed by atoms with Gasteiger partial charge in [0.1, 0.15) is 0 Å². The first kappa shape index (κ1) is 9.63. The second-order valence-corrected chi connectivity index (χ2v) is 5.16. The summed E-state index contributed by atoms with van der Waals surface area (Å²) in [5.74, 6) is 1.44. The van der Waals surface area contributed by atoms with Crippen molar-refractivity contribution < 1.29 is 9.15 Å². The number of hydrogen-bond donors (Lipinski definition) is 0. The standard InChI is InChI=1S/C12H18O2/c1-12(2,3)10-6-11(14-8-10)13-7-9-4-5-9/h6,8-9H,4-5,7H2,1-3H3. The predicted molar refractivity (Wildman–Crippen MR) is 55.6 cm³/mol. The molecule has 0 N–H and O–H groups in total. The first-order chi connectivity index (χ1) is 6.55. The maximum atomic E-state index is 5.54. The molecule has 14 heavy (non-hydrogen) atoms. The van der Waals surface area contributed by atoms with Gasteiger partial charge in [0.2, 0.25) is 0 Å². The van der Waals surface area contributed by atoms with Crippen LogP contribution in [-0.2, 0) is 5.41 Å². The molecule has 2 heteroatoms. The summed E-state index contributed by atoms with van der Waals surface area (Å²) in [5.41, 5.74) is 1.34. The maximum Gasteiger partial charge on any atom is 0.284 e. The minimum absolute atomic E-state index is 0.144. The van der Waals surface area contributed by atoms with Crippen LogP contribution in [0.3, 0.4) is 0 Å². The average Bonchev–Trinajstić information content (AvgIpc) is 2.77. The number of hydrogen-bond acceptors (Lipinski definition) is 2. The van der Waals surface area contributed by atoms with Crippen molar-refractivity contribution in [3.63, 3.8) is 0 Å². The molecule has 1 fully saturated rings. The zero-order valence-electron chi connectivity index (χ0n) is 9.17. The molecule has 1 aliphatic rings. The minimum atomic E-state index is 0.144. The van der Waals surface area contributed by atoms with Crippen molar-refractivity contribution in [2.45, 2.75) is 39.0 Å². The summed E-state index contributed by atoms with van der Waals surface area (Å²) in [4.78, 5) is 0. The van der Waals surface area contributed by atoms with Gasteiger partial charge in [-0.15, -0.1) is 0 Å². The van der Waals surface area contributed by atoms with Gasteiger partial charge in [-0.1, -0.05) is 20.8 Å². The zero-order chi connectivity index (χ0) is 10.2.